The van der Waals surface area contributed by atoms with Gasteiger partial charge in [0.05, 0.1) is 9.90 Å². The number of thiophene rings is 1. The summed E-state index contributed by atoms with van der Waals surface area (Å²) in [4.78, 5) is 27.2. The second-order valence-corrected chi connectivity index (χ2v) is 11.6. The van der Waals surface area contributed by atoms with Crippen molar-refractivity contribution in [1.82, 2.24) is 14.9 Å². The van der Waals surface area contributed by atoms with Gasteiger partial charge in [-0.1, -0.05) is 55.2 Å². The fraction of sp³-hybridized carbons (Fsp3) is 0.360. The van der Waals surface area contributed by atoms with Crippen molar-refractivity contribution in [1.29, 1.82) is 0 Å². The Morgan fingerprint density at radius 2 is 1.88 bits per heavy atom. The second kappa shape index (κ2) is 12.8. The van der Waals surface area contributed by atoms with Crippen LogP contribution in [0.2, 0.25) is 10.0 Å². The van der Waals surface area contributed by atoms with Gasteiger partial charge in [-0.25, -0.2) is 4.31 Å². The minimum Gasteiger partial charge on any atom is -0.354 e. The molecule has 0 saturated carbocycles. The molecule has 9 heteroatoms. The van der Waals surface area contributed by atoms with Crippen molar-refractivity contribution in [3.8, 4) is 0 Å². The molecule has 34 heavy (non-hydrogen) atoms. The normalized spacial score (nSPS) is 12.3. The average molecular weight is 539 g/mol. The molecule has 0 aliphatic heterocycles. The van der Waals surface area contributed by atoms with Crippen LogP contribution in [0.25, 0.3) is 10.1 Å². The standard InChI is InChI=1S/C25H29Cl2N3O2S2/c1-16(2)13-20(29-25(32)23-14-17-7-4-5-8-21(17)33-23)24(31)28-11-6-12-30(3)34-22-10-9-18(26)15-19(22)27/h4-5,7-10,14-16,20H,6,11-13H2,1-3H3,(H,28,31)(H,29,32)/t20-/m0/s1. The van der Waals surface area contributed by atoms with Gasteiger partial charge in [-0.05, 0) is 73.5 Å². The van der Waals surface area contributed by atoms with Gasteiger partial charge in [0.2, 0.25) is 5.91 Å². The molecule has 0 bridgehead atoms. The van der Waals surface area contributed by atoms with Gasteiger partial charge in [-0.15, -0.1) is 11.3 Å². The molecule has 1 atom stereocenters. The fourth-order valence-corrected chi connectivity index (χ4v) is 5.73. The first-order valence-electron chi connectivity index (χ1n) is 11.1. The monoisotopic (exact) mass is 537 g/mol. The molecular formula is C25H29Cl2N3O2S2. The maximum Gasteiger partial charge on any atom is 0.262 e. The second-order valence-electron chi connectivity index (χ2n) is 8.47. The summed E-state index contributed by atoms with van der Waals surface area (Å²) in [7, 11) is 1.98. The first-order valence-corrected chi connectivity index (χ1v) is 13.5. The molecule has 1 heterocycles. The minimum absolute atomic E-state index is 0.154. The molecule has 5 nitrogen and oxygen atoms in total. The zero-order valence-electron chi connectivity index (χ0n) is 19.4. The molecule has 0 unspecified atom stereocenters. The Morgan fingerprint density at radius 1 is 1.12 bits per heavy atom. The van der Waals surface area contributed by atoms with E-state index in [1.54, 1.807) is 6.07 Å². The number of benzene rings is 2. The van der Waals surface area contributed by atoms with Gasteiger partial charge in [0.25, 0.3) is 5.91 Å². The number of rotatable bonds is 11. The number of amides is 2. The Morgan fingerprint density at radius 3 is 2.59 bits per heavy atom. The van der Waals surface area contributed by atoms with Crippen LogP contribution in [0.4, 0.5) is 0 Å². The van der Waals surface area contributed by atoms with Gasteiger partial charge >= 0.3 is 0 Å². The predicted octanol–water partition coefficient (Wildman–Crippen LogP) is 6.50. The lowest BCUT2D eigenvalue weighted by Crippen LogP contribution is -2.47. The molecule has 3 rings (SSSR count). The van der Waals surface area contributed by atoms with Gasteiger partial charge in [0, 0.05) is 27.7 Å². The number of hydrogen-bond donors (Lipinski definition) is 2. The number of nitrogens with one attached hydrogen (secondary N) is 2. The number of hydrogen-bond acceptors (Lipinski definition) is 5. The highest BCUT2D eigenvalue weighted by Crippen LogP contribution is 2.31. The Kier molecular flexibility index (Phi) is 10.1. The highest BCUT2D eigenvalue weighted by molar-refractivity contribution is 7.97. The van der Waals surface area contributed by atoms with E-state index in [1.807, 2.05) is 63.4 Å². The van der Waals surface area contributed by atoms with E-state index in [1.165, 1.54) is 23.3 Å². The van der Waals surface area contributed by atoms with E-state index in [-0.39, 0.29) is 17.7 Å². The molecule has 3 aromatic rings. The summed E-state index contributed by atoms with van der Waals surface area (Å²) < 4.78 is 3.12. The third-order valence-corrected chi connectivity index (χ3v) is 7.90. The highest BCUT2D eigenvalue weighted by Gasteiger charge is 2.23. The first-order chi connectivity index (χ1) is 16.2. The molecule has 1 aromatic heterocycles. The molecule has 182 valence electrons. The number of nitrogens with zero attached hydrogens (tertiary/aromatic N) is 1. The van der Waals surface area contributed by atoms with Crippen molar-refractivity contribution in [3.63, 3.8) is 0 Å². The fourth-order valence-electron chi connectivity index (χ4n) is 3.43. The molecule has 0 spiro atoms. The van der Waals surface area contributed by atoms with Crippen LogP contribution in [0.5, 0.6) is 0 Å². The van der Waals surface area contributed by atoms with E-state index in [0.29, 0.717) is 27.9 Å². The summed E-state index contributed by atoms with van der Waals surface area (Å²) >= 11 is 15.2. The molecule has 2 amide bonds. The summed E-state index contributed by atoms with van der Waals surface area (Å²) in [5, 5.41) is 8.17. The SMILES string of the molecule is CC(C)C[C@H](NC(=O)c1cc2ccccc2s1)C(=O)NCCCN(C)Sc1ccc(Cl)cc1Cl. The van der Waals surface area contributed by atoms with Crippen LogP contribution >= 0.6 is 46.5 Å². The molecule has 2 N–H and O–H groups in total. The van der Waals surface area contributed by atoms with E-state index in [9.17, 15) is 9.59 Å². The average Bonchev–Trinajstić information content (AvgIpc) is 3.22. The number of halogens is 2. The number of carbonyl (C=O) groups excluding carboxylic acids is 2. The predicted molar refractivity (Wildman–Crippen MR) is 145 cm³/mol. The Balaban J connectivity index is 1.49. The van der Waals surface area contributed by atoms with Crippen molar-refractivity contribution < 1.29 is 9.59 Å². The van der Waals surface area contributed by atoms with Crippen molar-refractivity contribution in [3.05, 3.63) is 63.5 Å². The summed E-state index contributed by atoms with van der Waals surface area (Å²) in [6, 6.07) is 14.6. The molecule has 0 fully saturated rings. The van der Waals surface area contributed by atoms with E-state index in [2.05, 4.69) is 14.9 Å². The van der Waals surface area contributed by atoms with Crippen LogP contribution in [0.15, 0.2) is 53.4 Å². The lowest BCUT2D eigenvalue weighted by atomic mass is 10.0. The van der Waals surface area contributed by atoms with Gasteiger partial charge < -0.3 is 10.6 Å². The van der Waals surface area contributed by atoms with Crippen LogP contribution < -0.4 is 10.6 Å². The highest BCUT2D eigenvalue weighted by atomic mass is 35.5. The molecule has 0 saturated heterocycles. The number of fused-ring (bicyclic) bond motifs is 1. The van der Waals surface area contributed by atoms with Crippen LogP contribution in [0, 0.1) is 5.92 Å². The van der Waals surface area contributed by atoms with Crippen LogP contribution in [0.1, 0.15) is 36.4 Å². The van der Waals surface area contributed by atoms with Gasteiger partial charge in [-0.3, -0.25) is 9.59 Å². The third kappa shape index (κ3) is 7.89. The summed E-state index contributed by atoms with van der Waals surface area (Å²) in [5.41, 5.74) is 0. The van der Waals surface area contributed by atoms with E-state index in [4.69, 9.17) is 23.2 Å². The Labute approximate surface area is 219 Å². The van der Waals surface area contributed by atoms with Crippen molar-refractivity contribution in [2.24, 2.45) is 5.92 Å². The Hall–Kier alpha value is -1.77. The summed E-state index contributed by atoms with van der Waals surface area (Å²) in [6.45, 7) is 5.36. The molecule has 0 aliphatic rings. The quantitative estimate of drug-likeness (QED) is 0.216. The van der Waals surface area contributed by atoms with Crippen molar-refractivity contribution in [2.45, 2.75) is 37.6 Å². The summed E-state index contributed by atoms with van der Waals surface area (Å²) in [5.74, 6) is -0.0951. The third-order valence-electron chi connectivity index (χ3n) is 5.08. The molecule has 2 aromatic carbocycles. The maximum atomic E-state index is 12.9. The van der Waals surface area contributed by atoms with Crippen molar-refractivity contribution >= 4 is 68.4 Å². The lowest BCUT2D eigenvalue weighted by Gasteiger charge is -2.20. The van der Waals surface area contributed by atoms with Gasteiger partial charge in [-0.2, -0.15) is 0 Å². The largest absolute Gasteiger partial charge is 0.354 e. The van der Waals surface area contributed by atoms with Gasteiger partial charge in [0.1, 0.15) is 6.04 Å². The Bertz CT molecular complexity index is 1100. The van der Waals surface area contributed by atoms with Crippen molar-refractivity contribution in [2.75, 3.05) is 20.1 Å². The zero-order chi connectivity index (χ0) is 24.7. The molecule has 0 radical (unpaired) electrons. The minimum atomic E-state index is -0.572. The van der Waals surface area contributed by atoms with Crippen LogP contribution in [-0.2, 0) is 4.79 Å². The van der Waals surface area contributed by atoms with Crippen LogP contribution in [-0.4, -0.2) is 42.3 Å². The first kappa shape index (κ1) is 26.8. The maximum absolute atomic E-state index is 12.9. The number of carbonyl (C=O) groups is 2. The molecule has 0 aliphatic carbocycles. The summed E-state index contributed by atoms with van der Waals surface area (Å²) in [6.07, 6.45) is 1.34. The molecular weight excluding hydrogens is 509 g/mol. The van der Waals surface area contributed by atoms with E-state index in [0.717, 1.165) is 27.9 Å². The van der Waals surface area contributed by atoms with Gasteiger partial charge in [0.15, 0.2) is 0 Å². The van der Waals surface area contributed by atoms with E-state index < -0.39 is 6.04 Å². The van der Waals surface area contributed by atoms with E-state index >= 15 is 0 Å². The topological polar surface area (TPSA) is 61.4 Å². The zero-order valence-corrected chi connectivity index (χ0v) is 22.6. The van der Waals surface area contributed by atoms with Crippen LogP contribution in [0.3, 0.4) is 0 Å². The lowest BCUT2D eigenvalue weighted by molar-refractivity contribution is -0.123. The smallest absolute Gasteiger partial charge is 0.262 e.